The second kappa shape index (κ2) is 5.25. The van der Waals surface area contributed by atoms with Gasteiger partial charge in [0.1, 0.15) is 6.04 Å². The average molecular weight is 315 g/mol. The lowest BCUT2D eigenvalue weighted by atomic mass is 10.1. The van der Waals surface area contributed by atoms with Crippen molar-refractivity contribution in [2.45, 2.75) is 31.2 Å². The molecule has 2 aromatic rings. The molecule has 0 N–H and O–H groups in total. The van der Waals surface area contributed by atoms with E-state index in [1.165, 1.54) is 4.31 Å². The van der Waals surface area contributed by atoms with Gasteiger partial charge < -0.3 is 0 Å². The molecule has 1 heterocycles. The average Bonchev–Trinajstić information content (AvgIpc) is 2.81. The highest BCUT2D eigenvalue weighted by Crippen LogP contribution is 2.37. The summed E-state index contributed by atoms with van der Waals surface area (Å²) in [4.78, 5) is 12.7. The molecule has 2 aromatic carbocycles. The number of sulfonamides is 1. The highest BCUT2D eigenvalue weighted by molar-refractivity contribution is 7.93. The van der Waals surface area contributed by atoms with Crippen molar-refractivity contribution >= 4 is 21.5 Å². The smallest absolute Gasteiger partial charge is 0.265 e. The van der Waals surface area contributed by atoms with Crippen molar-refractivity contribution in [2.75, 3.05) is 4.31 Å². The number of benzene rings is 2. The lowest BCUT2D eigenvalue weighted by Crippen LogP contribution is -2.39. The van der Waals surface area contributed by atoms with E-state index in [9.17, 15) is 13.2 Å². The van der Waals surface area contributed by atoms with Gasteiger partial charge in [0.15, 0.2) is 5.78 Å². The minimum Gasteiger partial charge on any atom is -0.292 e. The van der Waals surface area contributed by atoms with E-state index < -0.39 is 16.1 Å². The molecule has 0 aliphatic carbocycles. The monoisotopic (exact) mass is 315 g/mol. The maximum absolute atomic E-state index is 13.0. The molecule has 4 nitrogen and oxygen atoms in total. The Hall–Kier alpha value is -2.14. The fourth-order valence-corrected chi connectivity index (χ4v) is 4.51. The molecular formula is C17H17NO3S. The highest BCUT2D eigenvalue weighted by atomic mass is 32.2. The summed E-state index contributed by atoms with van der Waals surface area (Å²) < 4.78 is 27.3. The van der Waals surface area contributed by atoms with Crippen LogP contribution in [0.4, 0.5) is 5.69 Å². The van der Waals surface area contributed by atoms with E-state index in [1.54, 1.807) is 48.5 Å². The normalized spacial score (nSPS) is 17.6. The van der Waals surface area contributed by atoms with Gasteiger partial charge in [-0.2, -0.15) is 0 Å². The number of hydrogen-bond donors (Lipinski definition) is 0. The first-order chi connectivity index (χ1) is 10.5. The van der Waals surface area contributed by atoms with Crippen LogP contribution in [0.3, 0.4) is 0 Å². The molecule has 0 spiro atoms. The molecule has 0 fully saturated rings. The van der Waals surface area contributed by atoms with E-state index in [-0.39, 0.29) is 10.7 Å². The van der Waals surface area contributed by atoms with Crippen molar-refractivity contribution in [1.82, 2.24) is 0 Å². The number of Topliss-reactive ketones (excluding diaryl/α,β-unsaturated/α-hetero) is 1. The molecule has 0 aromatic heterocycles. The molecule has 1 aliphatic rings. The first kappa shape index (κ1) is 14.8. The third-order valence-electron chi connectivity index (χ3n) is 3.96. The van der Waals surface area contributed by atoms with Crippen LogP contribution in [0.1, 0.15) is 29.3 Å². The Bertz CT molecular complexity index is 825. The van der Waals surface area contributed by atoms with Crippen LogP contribution in [0.25, 0.3) is 0 Å². The molecule has 0 bridgehead atoms. The van der Waals surface area contributed by atoms with Crippen LogP contribution in [0.5, 0.6) is 0 Å². The summed E-state index contributed by atoms with van der Waals surface area (Å²) in [6, 6.07) is 12.9. The Morgan fingerprint density at radius 1 is 1.05 bits per heavy atom. The zero-order chi connectivity index (χ0) is 15.9. The molecule has 114 valence electrons. The topological polar surface area (TPSA) is 54.5 Å². The van der Waals surface area contributed by atoms with Gasteiger partial charge in [-0.3, -0.25) is 9.10 Å². The standard InChI is InChI=1S/C17H17NO3S/c1-3-15-17(19)14-6-4-5-7-16(14)18(15)22(20,21)13-10-8-12(2)9-11-13/h4-11,15H,3H2,1-2H3. The van der Waals surface area contributed by atoms with Crippen molar-refractivity contribution in [3.63, 3.8) is 0 Å². The molecule has 1 atom stereocenters. The van der Waals surface area contributed by atoms with Crippen LogP contribution < -0.4 is 4.31 Å². The van der Waals surface area contributed by atoms with Crippen LogP contribution in [0.15, 0.2) is 53.4 Å². The van der Waals surface area contributed by atoms with Gasteiger partial charge >= 0.3 is 0 Å². The third-order valence-corrected chi connectivity index (χ3v) is 5.79. The maximum atomic E-state index is 13.0. The molecule has 0 amide bonds. The second-order valence-electron chi connectivity index (χ2n) is 5.42. The summed E-state index contributed by atoms with van der Waals surface area (Å²) >= 11 is 0. The highest BCUT2D eigenvalue weighted by Gasteiger charge is 2.42. The lowest BCUT2D eigenvalue weighted by molar-refractivity contribution is 0.0973. The Kier molecular flexibility index (Phi) is 3.53. The van der Waals surface area contributed by atoms with Gasteiger partial charge in [-0.25, -0.2) is 8.42 Å². The number of rotatable bonds is 3. The number of anilines is 1. The number of fused-ring (bicyclic) bond motifs is 1. The SMILES string of the molecule is CCC1C(=O)c2ccccc2N1S(=O)(=O)c1ccc(C)cc1. The van der Waals surface area contributed by atoms with Gasteiger partial charge in [-0.1, -0.05) is 36.8 Å². The van der Waals surface area contributed by atoms with Gasteiger partial charge in [0, 0.05) is 5.56 Å². The minimum atomic E-state index is -3.75. The van der Waals surface area contributed by atoms with Crippen LogP contribution in [0.2, 0.25) is 0 Å². The Labute approximate surface area is 130 Å². The number of para-hydroxylation sites is 1. The molecule has 0 saturated heterocycles. The molecule has 1 unspecified atom stereocenters. The summed E-state index contributed by atoms with van der Waals surface area (Å²) in [6.07, 6.45) is 0.443. The number of nitrogens with zero attached hydrogens (tertiary/aromatic N) is 1. The van der Waals surface area contributed by atoms with E-state index in [0.29, 0.717) is 17.7 Å². The quantitative estimate of drug-likeness (QED) is 0.874. The number of aryl methyl sites for hydroxylation is 1. The number of carbonyl (C=O) groups excluding carboxylic acids is 1. The maximum Gasteiger partial charge on any atom is 0.265 e. The first-order valence-electron chi connectivity index (χ1n) is 7.21. The van der Waals surface area contributed by atoms with E-state index in [4.69, 9.17) is 0 Å². The van der Waals surface area contributed by atoms with Crippen LogP contribution in [0, 0.1) is 6.92 Å². The van der Waals surface area contributed by atoms with Crippen molar-refractivity contribution < 1.29 is 13.2 Å². The zero-order valence-corrected chi connectivity index (χ0v) is 13.3. The molecule has 22 heavy (non-hydrogen) atoms. The fraction of sp³-hybridized carbons (Fsp3) is 0.235. The van der Waals surface area contributed by atoms with Gasteiger partial charge in [0.2, 0.25) is 0 Å². The number of ketones is 1. The molecule has 3 rings (SSSR count). The Morgan fingerprint density at radius 2 is 1.68 bits per heavy atom. The minimum absolute atomic E-state index is 0.131. The van der Waals surface area contributed by atoms with Crippen molar-refractivity contribution in [2.24, 2.45) is 0 Å². The molecule has 0 radical (unpaired) electrons. The lowest BCUT2D eigenvalue weighted by Gasteiger charge is -2.25. The largest absolute Gasteiger partial charge is 0.292 e. The van der Waals surface area contributed by atoms with Gasteiger partial charge in [-0.05, 0) is 37.6 Å². The first-order valence-corrected chi connectivity index (χ1v) is 8.65. The van der Waals surface area contributed by atoms with Gasteiger partial charge in [-0.15, -0.1) is 0 Å². The van der Waals surface area contributed by atoms with Crippen LogP contribution in [-0.4, -0.2) is 20.2 Å². The summed E-state index contributed by atoms with van der Waals surface area (Å²) in [7, 11) is -3.75. The van der Waals surface area contributed by atoms with E-state index in [2.05, 4.69) is 0 Å². The molecular weight excluding hydrogens is 298 g/mol. The molecule has 5 heteroatoms. The summed E-state index contributed by atoms with van der Waals surface area (Å²) in [6.45, 7) is 3.73. The Morgan fingerprint density at radius 3 is 2.32 bits per heavy atom. The van der Waals surface area contributed by atoms with Crippen molar-refractivity contribution in [1.29, 1.82) is 0 Å². The zero-order valence-electron chi connectivity index (χ0n) is 12.5. The number of hydrogen-bond acceptors (Lipinski definition) is 3. The predicted molar refractivity (Wildman–Crippen MR) is 85.7 cm³/mol. The number of carbonyl (C=O) groups is 1. The summed E-state index contributed by atoms with van der Waals surface area (Å²) in [5, 5.41) is 0. The van der Waals surface area contributed by atoms with Crippen LogP contribution >= 0.6 is 0 Å². The van der Waals surface area contributed by atoms with Gasteiger partial charge in [0.25, 0.3) is 10.0 Å². The summed E-state index contributed by atoms with van der Waals surface area (Å²) in [5.41, 5.74) is 1.94. The molecule has 0 saturated carbocycles. The van der Waals surface area contributed by atoms with Crippen molar-refractivity contribution in [3.05, 3.63) is 59.7 Å². The van der Waals surface area contributed by atoms with E-state index in [1.807, 2.05) is 13.8 Å². The van der Waals surface area contributed by atoms with E-state index >= 15 is 0 Å². The van der Waals surface area contributed by atoms with Crippen LogP contribution in [-0.2, 0) is 10.0 Å². The summed E-state index contributed by atoms with van der Waals surface area (Å²) in [5.74, 6) is -0.131. The Balaban J connectivity index is 2.17. The van der Waals surface area contributed by atoms with E-state index in [0.717, 1.165) is 5.56 Å². The third kappa shape index (κ3) is 2.13. The predicted octanol–water partition coefficient (Wildman–Crippen LogP) is 3.17. The van der Waals surface area contributed by atoms with Crippen molar-refractivity contribution in [3.8, 4) is 0 Å². The molecule has 1 aliphatic heterocycles. The second-order valence-corrected chi connectivity index (χ2v) is 7.23. The fourth-order valence-electron chi connectivity index (χ4n) is 2.80. The van der Waals surface area contributed by atoms with Gasteiger partial charge in [0.05, 0.1) is 10.6 Å².